The SMILES string of the molecule is COc1nc(N2CCCCC2C(C)N)ncc1Br. The predicted octanol–water partition coefficient (Wildman–Crippen LogP) is 1.95. The van der Waals surface area contributed by atoms with Gasteiger partial charge in [-0.05, 0) is 42.1 Å². The topological polar surface area (TPSA) is 64.3 Å². The van der Waals surface area contributed by atoms with Gasteiger partial charge in [-0.3, -0.25) is 0 Å². The van der Waals surface area contributed by atoms with Gasteiger partial charge in [0.05, 0.1) is 17.8 Å². The van der Waals surface area contributed by atoms with Crippen molar-refractivity contribution in [2.45, 2.75) is 38.3 Å². The first-order valence-electron chi connectivity index (χ1n) is 6.22. The molecule has 2 heterocycles. The Kier molecular flexibility index (Phi) is 4.40. The van der Waals surface area contributed by atoms with Crippen LogP contribution < -0.4 is 15.4 Å². The zero-order chi connectivity index (χ0) is 13.1. The Bertz CT molecular complexity index is 413. The Balaban J connectivity index is 2.28. The molecule has 0 aliphatic carbocycles. The normalized spacial score (nSPS) is 21.8. The summed E-state index contributed by atoms with van der Waals surface area (Å²) in [6, 6.07) is 0.424. The molecule has 5 nitrogen and oxygen atoms in total. The van der Waals surface area contributed by atoms with E-state index < -0.39 is 0 Å². The maximum absolute atomic E-state index is 6.06. The van der Waals surface area contributed by atoms with E-state index in [1.54, 1.807) is 13.3 Å². The fraction of sp³-hybridized carbons (Fsp3) is 0.667. The Morgan fingerprint density at radius 3 is 3.00 bits per heavy atom. The molecule has 1 aromatic heterocycles. The number of nitrogens with zero attached hydrogens (tertiary/aromatic N) is 3. The number of halogens is 1. The van der Waals surface area contributed by atoms with Crippen LogP contribution in [0.25, 0.3) is 0 Å². The van der Waals surface area contributed by atoms with E-state index in [1.165, 1.54) is 6.42 Å². The lowest BCUT2D eigenvalue weighted by molar-refractivity contribution is 0.384. The van der Waals surface area contributed by atoms with Gasteiger partial charge < -0.3 is 15.4 Å². The van der Waals surface area contributed by atoms with E-state index in [-0.39, 0.29) is 6.04 Å². The van der Waals surface area contributed by atoms with Gasteiger partial charge in [-0.1, -0.05) is 0 Å². The number of nitrogens with two attached hydrogens (primary N) is 1. The molecule has 6 heteroatoms. The number of hydrogen-bond acceptors (Lipinski definition) is 5. The van der Waals surface area contributed by atoms with Gasteiger partial charge >= 0.3 is 0 Å². The highest BCUT2D eigenvalue weighted by atomic mass is 79.9. The van der Waals surface area contributed by atoms with Crippen LogP contribution in [0, 0.1) is 0 Å². The molecule has 0 radical (unpaired) electrons. The van der Waals surface area contributed by atoms with E-state index in [2.05, 4.69) is 30.8 Å². The molecule has 1 fully saturated rings. The Hall–Kier alpha value is -0.880. The van der Waals surface area contributed by atoms with Crippen molar-refractivity contribution >= 4 is 21.9 Å². The van der Waals surface area contributed by atoms with Crippen molar-refractivity contribution in [3.8, 4) is 5.88 Å². The molecule has 1 aromatic rings. The minimum absolute atomic E-state index is 0.114. The van der Waals surface area contributed by atoms with Gasteiger partial charge in [-0.25, -0.2) is 4.98 Å². The second kappa shape index (κ2) is 5.84. The molecule has 2 rings (SSSR count). The molecule has 2 atom stereocenters. The molecule has 0 amide bonds. The molecule has 0 spiro atoms. The first-order valence-corrected chi connectivity index (χ1v) is 7.01. The molecule has 0 bridgehead atoms. The predicted molar refractivity (Wildman–Crippen MR) is 74.9 cm³/mol. The van der Waals surface area contributed by atoms with Crippen molar-refractivity contribution in [1.29, 1.82) is 0 Å². The third kappa shape index (κ3) is 2.75. The lowest BCUT2D eigenvalue weighted by Crippen LogP contribution is -2.50. The van der Waals surface area contributed by atoms with E-state index in [0.29, 0.717) is 17.9 Å². The summed E-state index contributed by atoms with van der Waals surface area (Å²) in [5.41, 5.74) is 6.06. The van der Waals surface area contributed by atoms with Crippen molar-refractivity contribution in [2.24, 2.45) is 5.73 Å². The Labute approximate surface area is 116 Å². The highest BCUT2D eigenvalue weighted by Gasteiger charge is 2.27. The van der Waals surface area contributed by atoms with E-state index in [4.69, 9.17) is 10.5 Å². The standard InChI is InChI=1S/C12H19BrN4O/c1-8(14)10-5-3-4-6-17(10)12-15-7-9(13)11(16-12)18-2/h7-8,10H,3-6,14H2,1-2H3. The van der Waals surface area contributed by atoms with Crippen LogP contribution in [0.4, 0.5) is 5.95 Å². The molecule has 0 saturated carbocycles. The molecule has 18 heavy (non-hydrogen) atoms. The van der Waals surface area contributed by atoms with Crippen molar-refractivity contribution in [1.82, 2.24) is 9.97 Å². The summed E-state index contributed by atoms with van der Waals surface area (Å²) >= 11 is 3.37. The molecule has 0 aromatic carbocycles. The molecule has 1 aliphatic heterocycles. The fourth-order valence-corrected chi connectivity index (χ4v) is 2.73. The maximum atomic E-state index is 6.06. The van der Waals surface area contributed by atoms with Gasteiger partial charge in [0.1, 0.15) is 0 Å². The summed E-state index contributed by atoms with van der Waals surface area (Å²) in [5, 5.41) is 0. The van der Waals surface area contributed by atoms with Crippen molar-refractivity contribution in [3.63, 3.8) is 0 Å². The average molecular weight is 315 g/mol. The number of methoxy groups -OCH3 is 1. The van der Waals surface area contributed by atoms with E-state index in [9.17, 15) is 0 Å². The molecule has 100 valence electrons. The van der Waals surface area contributed by atoms with Gasteiger partial charge in [0.25, 0.3) is 0 Å². The van der Waals surface area contributed by atoms with Gasteiger partial charge in [0, 0.05) is 18.6 Å². The van der Waals surface area contributed by atoms with Crippen molar-refractivity contribution in [3.05, 3.63) is 10.7 Å². The second-order valence-electron chi connectivity index (χ2n) is 4.64. The Morgan fingerprint density at radius 1 is 1.56 bits per heavy atom. The van der Waals surface area contributed by atoms with Gasteiger partial charge in [0.15, 0.2) is 0 Å². The van der Waals surface area contributed by atoms with Crippen LogP contribution in [0.3, 0.4) is 0 Å². The fourth-order valence-electron chi connectivity index (χ4n) is 2.38. The maximum Gasteiger partial charge on any atom is 0.232 e. The third-order valence-corrected chi connectivity index (χ3v) is 3.85. The largest absolute Gasteiger partial charge is 0.480 e. The lowest BCUT2D eigenvalue weighted by Gasteiger charge is -2.38. The van der Waals surface area contributed by atoms with E-state index >= 15 is 0 Å². The Morgan fingerprint density at radius 2 is 2.33 bits per heavy atom. The van der Waals surface area contributed by atoms with Crippen LogP contribution in [0.2, 0.25) is 0 Å². The summed E-state index contributed by atoms with van der Waals surface area (Å²) in [7, 11) is 1.61. The highest BCUT2D eigenvalue weighted by molar-refractivity contribution is 9.10. The number of rotatable bonds is 3. The monoisotopic (exact) mass is 314 g/mol. The number of anilines is 1. The number of hydrogen-bond donors (Lipinski definition) is 1. The lowest BCUT2D eigenvalue weighted by atomic mass is 9.97. The van der Waals surface area contributed by atoms with Crippen LogP contribution in [-0.2, 0) is 0 Å². The number of ether oxygens (including phenoxy) is 1. The van der Waals surface area contributed by atoms with Crippen molar-refractivity contribution in [2.75, 3.05) is 18.6 Å². The van der Waals surface area contributed by atoms with Crippen LogP contribution in [0.5, 0.6) is 5.88 Å². The van der Waals surface area contributed by atoms with Gasteiger partial charge in [-0.15, -0.1) is 0 Å². The summed E-state index contributed by atoms with van der Waals surface area (Å²) in [4.78, 5) is 11.0. The number of piperidine rings is 1. The molecule has 1 saturated heterocycles. The minimum atomic E-state index is 0.114. The molecule has 2 N–H and O–H groups in total. The first-order chi connectivity index (χ1) is 8.63. The minimum Gasteiger partial charge on any atom is -0.480 e. The van der Waals surface area contributed by atoms with E-state index in [1.807, 2.05) is 6.92 Å². The summed E-state index contributed by atoms with van der Waals surface area (Å²) < 4.78 is 5.98. The summed E-state index contributed by atoms with van der Waals surface area (Å²) in [6.07, 6.45) is 5.20. The van der Waals surface area contributed by atoms with Gasteiger partial charge in [0.2, 0.25) is 11.8 Å². The summed E-state index contributed by atoms with van der Waals surface area (Å²) in [5.74, 6) is 1.27. The second-order valence-corrected chi connectivity index (χ2v) is 5.50. The zero-order valence-electron chi connectivity index (χ0n) is 10.8. The average Bonchev–Trinajstić information content (AvgIpc) is 2.39. The molecular weight excluding hydrogens is 296 g/mol. The highest BCUT2D eigenvalue weighted by Crippen LogP contribution is 2.27. The van der Waals surface area contributed by atoms with Crippen LogP contribution in [-0.4, -0.2) is 35.7 Å². The van der Waals surface area contributed by atoms with Crippen LogP contribution in [0.1, 0.15) is 26.2 Å². The third-order valence-electron chi connectivity index (χ3n) is 3.31. The van der Waals surface area contributed by atoms with Crippen molar-refractivity contribution < 1.29 is 4.74 Å². The quantitative estimate of drug-likeness (QED) is 0.924. The molecular formula is C12H19BrN4O. The van der Waals surface area contributed by atoms with E-state index in [0.717, 1.165) is 23.9 Å². The summed E-state index contributed by atoms with van der Waals surface area (Å²) in [6.45, 7) is 3.00. The molecule has 1 aliphatic rings. The van der Waals surface area contributed by atoms with Gasteiger partial charge in [-0.2, -0.15) is 4.98 Å². The van der Waals surface area contributed by atoms with Crippen LogP contribution in [0.15, 0.2) is 10.7 Å². The molecule has 2 unspecified atom stereocenters. The zero-order valence-corrected chi connectivity index (χ0v) is 12.4. The smallest absolute Gasteiger partial charge is 0.232 e. The number of aromatic nitrogens is 2. The first kappa shape index (κ1) is 13.5. The van der Waals surface area contributed by atoms with Crippen LogP contribution >= 0.6 is 15.9 Å².